The van der Waals surface area contributed by atoms with Crippen LogP contribution in [0.2, 0.25) is 0 Å². The number of sulfone groups is 1. The zero-order valence-electron chi connectivity index (χ0n) is 18.5. The number of nitrogens with one attached hydrogen (secondary N) is 1. The number of fused-ring (bicyclic) bond motifs is 1. The predicted molar refractivity (Wildman–Crippen MR) is 123 cm³/mol. The molecule has 1 aliphatic rings. The minimum absolute atomic E-state index is 0.185. The second-order valence-electron chi connectivity index (χ2n) is 8.42. The molecule has 1 atom stereocenters. The van der Waals surface area contributed by atoms with Crippen LogP contribution < -0.4 is 15.8 Å². The number of ether oxygens (including phenoxy) is 1. The standard InChI is InChI=1S/C22H22F3N5O3S/c1-21(2)20(26)30-22(19(24)25,11-34(21,31)32)15-9-13(4-5-16(15)23)29-18-17-12(6-7-27-18)8-14(33-3)10-28-17/h4-10,19H,11H2,1-3H3,(H2,26,30)(H,27,29)/t22-/m0/s1. The molecular formula is C22H22F3N5O3S. The molecule has 0 unspecified atom stereocenters. The number of aliphatic imine (C=N–C) groups is 1. The molecule has 0 radical (unpaired) electrons. The first-order chi connectivity index (χ1) is 15.9. The summed E-state index contributed by atoms with van der Waals surface area (Å²) in [5, 5.41) is 3.64. The fourth-order valence-corrected chi connectivity index (χ4v) is 5.34. The molecule has 180 valence electrons. The van der Waals surface area contributed by atoms with Crippen molar-refractivity contribution in [3.8, 4) is 5.75 Å². The van der Waals surface area contributed by atoms with Crippen LogP contribution in [-0.4, -0.2) is 48.3 Å². The van der Waals surface area contributed by atoms with Crippen molar-refractivity contribution in [3.63, 3.8) is 0 Å². The minimum Gasteiger partial charge on any atom is -0.495 e. The monoisotopic (exact) mass is 493 g/mol. The van der Waals surface area contributed by atoms with Crippen LogP contribution in [0.25, 0.3) is 10.9 Å². The lowest BCUT2D eigenvalue weighted by Gasteiger charge is -2.39. The van der Waals surface area contributed by atoms with Gasteiger partial charge in [0.25, 0.3) is 6.43 Å². The summed E-state index contributed by atoms with van der Waals surface area (Å²) in [6, 6.07) is 6.82. The van der Waals surface area contributed by atoms with Crippen LogP contribution in [-0.2, 0) is 15.4 Å². The zero-order valence-corrected chi connectivity index (χ0v) is 19.3. The van der Waals surface area contributed by atoms with E-state index in [1.54, 1.807) is 12.1 Å². The number of amidine groups is 1. The number of aromatic nitrogens is 2. The van der Waals surface area contributed by atoms with Gasteiger partial charge >= 0.3 is 0 Å². The molecule has 3 aromatic rings. The maximum absolute atomic E-state index is 14.9. The molecule has 0 amide bonds. The average molecular weight is 494 g/mol. The third kappa shape index (κ3) is 3.71. The van der Waals surface area contributed by atoms with Crippen molar-refractivity contribution in [2.75, 3.05) is 18.2 Å². The number of rotatable bonds is 5. The van der Waals surface area contributed by atoms with Crippen molar-refractivity contribution in [2.24, 2.45) is 10.7 Å². The lowest BCUT2D eigenvalue weighted by atomic mass is 9.91. The molecular weight excluding hydrogens is 471 g/mol. The summed E-state index contributed by atoms with van der Waals surface area (Å²) in [6.07, 6.45) is -0.340. The van der Waals surface area contributed by atoms with Gasteiger partial charge in [-0.05, 0) is 44.2 Å². The van der Waals surface area contributed by atoms with Crippen LogP contribution >= 0.6 is 0 Å². The van der Waals surface area contributed by atoms with Crippen molar-refractivity contribution in [3.05, 3.63) is 54.1 Å². The van der Waals surface area contributed by atoms with Crippen LogP contribution in [0.3, 0.4) is 0 Å². The van der Waals surface area contributed by atoms with Crippen molar-refractivity contribution in [1.82, 2.24) is 9.97 Å². The molecule has 1 aromatic carbocycles. The number of nitrogens with zero attached hydrogens (tertiary/aromatic N) is 3. The number of nitrogens with two attached hydrogens (primary N) is 1. The van der Waals surface area contributed by atoms with Crippen LogP contribution in [0.1, 0.15) is 19.4 Å². The van der Waals surface area contributed by atoms with Gasteiger partial charge in [-0.3, -0.25) is 4.99 Å². The Hall–Kier alpha value is -3.41. The number of alkyl halides is 2. The number of anilines is 2. The molecule has 0 saturated carbocycles. The molecule has 0 spiro atoms. The van der Waals surface area contributed by atoms with E-state index in [2.05, 4.69) is 20.3 Å². The van der Waals surface area contributed by atoms with E-state index in [0.717, 1.165) is 12.1 Å². The molecule has 3 N–H and O–H groups in total. The zero-order chi connectivity index (χ0) is 24.9. The maximum atomic E-state index is 14.9. The molecule has 1 aliphatic heterocycles. The Morgan fingerprint density at radius 1 is 1.18 bits per heavy atom. The van der Waals surface area contributed by atoms with Gasteiger partial charge in [-0.25, -0.2) is 31.6 Å². The topological polar surface area (TPSA) is 120 Å². The molecule has 0 aliphatic carbocycles. The highest BCUT2D eigenvalue weighted by molar-refractivity contribution is 7.93. The summed E-state index contributed by atoms with van der Waals surface area (Å²) >= 11 is 0. The SMILES string of the molecule is COc1cnc2c(Nc3ccc(F)c([C@]4(C(F)F)CS(=O)(=O)C(C)(C)C(N)=N4)c3)nccc2c1. The van der Waals surface area contributed by atoms with E-state index in [4.69, 9.17) is 10.5 Å². The number of halogens is 3. The van der Waals surface area contributed by atoms with Gasteiger partial charge < -0.3 is 15.8 Å². The number of hydrogen-bond donors (Lipinski definition) is 2. The fraction of sp³-hybridized carbons (Fsp3) is 0.318. The molecule has 4 rings (SSSR count). The molecule has 34 heavy (non-hydrogen) atoms. The van der Waals surface area contributed by atoms with Crippen LogP contribution in [0, 0.1) is 5.82 Å². The molecule has 0 bridgehead atoms. The van der Waals surface area contributed by atoms with Crippen molar-refractivity contribution in [2.45, 2.75) is 30.6 Å². The van der Waals surface area contributed by atoms with E-state index >= 15 is 0 Å². The summed E-state index contributed by atoms with van der Waals surface area (Å²) in [7, 11) is -2.69. The number of methoxy groups -OCH3 is 1. The summed E-state index contributed by atoms with van der Waals surface area (Å²) in [5.41, 5.74) is 3.16. The van der Waals surface area contributed by atoms with Crippen molar-refractivity contribution >= 4 is 38.1 Å². The number of benzene rings is 1. The van der Waals surface area contributed by atoms with Crippen LogP contribution in [0.5, 0.6) is 5.75 Å². The second kappa shape index (κ2) is 8.12. The van der Waals surface area contributed by atoms with E-state index in [9.17, 15) is 21.6 Å². The van der Waals surface area contributed by atoms with E-state index in [1.807, 2.05) is 0 Å². The van der Waals surface area contributed by atoms with Gasteiger partial charge in [-0.2, -0.15) is 0 Å². The van der Waals surface area contributed by atoms with Crippen molar-refractivity contribution < 1.29 is 26.3 Å². The average Bonchev–Trinajstić information content (AvgIpc) is 2.78. The molecule has 0 saturated heterocycles. The highest BCUT2D eigenvalue weighted by Gasteiger charge is 2.56. The second-order valence-corrected chi connectivity index (χ2v) is 11.0. The van der Waals surface area contributed by atoms with E-state index < -0.39 is 49.5 Å². The Kier molecular flexibility index (Phi) is 5.67. The summed E-state index contributed by atoms with van der Waals surface area (Å²) in [6.45, 7) is 2.55. The first kappa shape index (κ1) is 23.7. The molecule has 0 fully saturated rings. The van der Waals surface area contributed by atoms with Crippen LogP contribution in [0.4, 0.5) is 24.7 Å². The predicted octanol–water partition coefficient (Wildman–Crippen LogP) is 3.55. The van der Waals surface area contributed by atoms with Gasteiger partial charge in [0.2, 0.25) is 0 Å². The summed E-state index contributed by atoms with van der Waals surface area (Å²) in [5.74, 6) is -1.83. The van der Waals surface area contributed by atoms with Gasteiger partial charge in [0.05, 0.1) is 19.1 Å². The third-order valence-corrected chi connectivity index (χ3v) is 8.58. The molecule has 12 heteroatoms. The number of pyridine rings is 2. The lowest BCUT2D eigenvalue weighted by Crippen LogP contribution is -2.57. The first-order valence-electron chi connectivity index (χ1n) is 10.1. The fourth-order valence-electron chi connectivity index (χ4n) is 3.69. The molecule has 3 heterocycles. The van der Waals surface area contributed by atoms with Crippen molar-refractivity contribution in [1.29, 1.82) is 0 Å². The lowest BCUT2D eigenvalue weighted by molar-refractivity contribution is 0.0622. The summed E-state index contributed by atoms with van der Waals surface area (Å²) < 4.78 is 72.9. The van der Waals surface area contributed by atoms with E-state index in [1.165, 1.54) is 39.4 Å². The number of hydrogen-bond acceptors (Lipinski definition) is 8. The minimum atomic E-state index is -4.19. The normalized spacial score (nSPS) is 21.3. The Labute approximate surface area is 194 Å². The van der Waals surface area contributed by atoms with Gasteiger partial charge in [-0.1, -0.05) is 0 Å². The molecule has 2 aromatic heterocycles. The Balaban J connectivity index is 1.83. The Morgan fingerprint density at radius 3 is 2.56 bits per heavy atom. The molecule has 8 nitrogen and oxygen atoms in total. The van der Waals surface area contributed by atoms with Gasteiger partial charge in [-0.15, -0.1) is 0 Å². The van der Waals surface area contributed by atoms with Crippen LogP contribution in [0.15, 0.2) is 47.7 Å². The first-order valence-corrected chi connectivity index (χ1v) is 11.8. The third-order valence-electron chi connectivity index (χ3n) is 5.99. The Morgan fingerprint density at radius 2 is 1.91 bits per heavy atom. The quantitative estimate of drug-likeness (QED) is 0.558. The van der Waals surface area contributed by atoms with E-state index in [-0.39, 0.29) is 11.5 Å². The summed E-state index contributed by atoms with van der Waals surface area (Å²) in [4.78, 5) is 12.4. The largest absolute Gasteiger partial charge is 0.495 e. The maximum Gasteiger partial charge on any atom is 0.268 e. The van der Waals surface area contributed by atoms with Gasteiger partial charge in [0.1, 0.15) is 27.7 Å². The van der Waals surface area contributed by atoms with Gasteiger partial charge in [0.15, 0.2) is 21.2 Å². The van der Waals surface area contributed by atoms with Gasteiger partial charge in [0, 0.05) is 22.8 Å². The van der Waals surface area contributed by atoms with E-state index in [0.29, 0.717) is 16.7 Å². The highest BCUT2D eigenvalue weighted by atomic mass is 32.2. The highest BCUT2D eigenvalue weighted by Crippen LogP contribution is 2.43. The smallest absolute Gasteiger partial charge is 0.268 e. The Bertz CT molecular complexity index is 1410.